The number of aryl methyl sites for hydroxylation is 1. The molecular weight excluding hydrogens is 388 g/mol. The molecule has 2 aliphatic rings. The fraction of sp³-hybridized carbons (Fsp3) is 0.480. The van der Waals surface area contributed by atoms with Gasteiger partial charge in [0.15, 0.2) is 0 Å². The molecule has 1 aromatic heterocycles. The monoisotopic (exact) mass is 420 g/mol. The summed E-state index contributed by atoms with van der Waals surface area (Å²) in [6.07, 6.45) is 6.65. The lowest BCUT2D eigenvalue weighted by Crippen LogP contribution is -2.59. The van der Waals surface area contributed by atoms with E-state index in [9.17, 15) is 9.59 Å². The molecule has 164 valence electrons. The average molecular weight is 421 g/mol. The van der Waals surface area contributed by atoms with Gasteiger partial charge in [0, 0.05) is 31.9 Å². The molecule has 6 heteroatoms. The van der Waals surface area contributed by atoms with Gasteiger partial charge in [0.05, 0.1) is 24.7 Å². The van der Waals surface area contributed by atoms with E-state index in [1.54, 1.807) is 6.20 Å². The number of hydrogen-bond acceptors (Lipinski definition) is 4. The van der Waals surface area contributed by atoms with Gasteiger partial charge < -0.3 is 10.2 Å². The lowest BCUT2D eigenvalue weighted by molar-refractivity contribution is -0.140. The Bertz CT molecular complexity index is 895. The van der Waals surface area contributed by atoms with Crippen molar-refractivity contribution in [3.63, 3.8) is 0 Å². The Labute approximate surface area is 184 Å². The van der Waals surface area contributed by atoms with Crippen LogP contribution in [0.3, 0.4) is 0 Å². The molecule has 0 bridgehead atoms. The molecule has 2 fully saturated rings. The van der Waals surface area contributed by atoms with Crippen LogP contribution < -0.4 is 5.32 Å². The van der Waals surface area contributed by atoms with Crippen LogP contribution in [0.4, 0.5) is 0 Å². The maximum atomic E-state index is 13.5. The van der Waals surface area contributed by atoms with Gasteiger partial charge in [0.1, 0.15) is 0 Å². The maximum absolute atomic E-state index is 13.5. The van der Waals surface area contributed by atoms with Crippen LogP contribution >= 0.6 is 0 Å². The number of nitrogens with zero attached hydrogens (tertiary/aromatic N) is 3. The number of hydrogen-bond donors (Lipinski definition) is 1. The van der Waals surface area contributed by atoms with Crippen molar-refractivity contribution >= 4 is 11.8 Å². The first-order valence-electron chi connectivity index (χ1n) is 11.4. The van der Waals surface area contributed by atoms with Gasteiger partial charge in [-0.25, -0.2) is 0 Å². The summed E-state index contributed by atoms with van der Waals surface area (Å²) in [5.41, 5.74) is 3.04. The van der Waals surface area contributed by atoms with Gasteiger partial charge in [-0.05, 0) is 37.0 Å². The summed E-state index contributed by atoms with van der Waals surface area (Å²) >= 11 is 0. The fourth-order valence-corrected chi connectivity index (χ4v) is 4.81. The molecule has 0 radical (unpaired) electrons. The van der Waals surface area contributed by atoms with Gasteiger partial charge in [-0.1, -0.05) is 49.2 Å². The highest BCUT2D eigenvalue weighted by atomic mass is 16.2. The smallest absolute Gasteiger partial charge is 0.237 e. The van der Waals surface area contributed by atoms with E-state index < -0.39 is 0 Å². The number of benzene rings is 1. The van der Waals surface area contributed by atoms with Gasteiger partial charge in [0.25, 0.3) is 0 Å². The van der Waals surface area contributed by atoms with Gasteiger partial charge in [-0.15, -0.1) is 0 Å². The molecule has 1 saturated heterocycles. The number of piperazine rings is 1. The molecule has 1 aliphatic heterocycles. The minimum absolute atomic E-state index is 0.000969. The minimum Gasteiger partial charge on any atom is -0.353 e. The molecule has 1 N–H and O–H groups in total. The molecule has 4 rings (SSSR count). The normalized spacial score (nSPS) is 19.9. The molecule has 2 aromatic rings. The Hall–Kier alpha value is -2.73. The second-order valence-corrected chi connectivity index (χ2v) is 8.69. The quantitative estimate of drug-likeness (QED) is 0.748. The van der Waals surface area contributed by atoms with E-state index >= 15 is 0 Å². The summed E-state index contributed by atoms with van der Waals surface area (Å²) in [6, 6.07) is 14.0. The number of amides is 2. The van der Waals surface area contributed by atoms with E-state index in [1.165, 1.54) is 12.8 Å². The summed E-state index contributed by atoms with van der Waals surface area (Å²) in [7, 11) is 0. The Morgan fingerprint density at radius 3 is 2.65 bits per heavy atom. The van der Waals surface area contributed by atoms with E-state index in [0.717, 1.165) is 36.2 Å². The van der Waals surface area contributed by atoms with Crippen LogP contribution in [0.15, 0.2) is 48.7 Å². The van der Waals surface area contributed by atoms with Crippen molar-refractivity contribution in [3.05, 3.63) is 65.5 Å². The molecule has 1 saturated carbocycles. The summed E-state index contributed by atoms with van der Waals surface area (Å²) < 4.78 is 0. The molecule has 0 spiro atoms. The third-order valence-electron chi connectivity index (χ3n) is 6.56. The van der Waals surface area contributed by atoms with Crippen LogP contribution in [0.1, 0.15) is 48.9 Å². The Morgan fingerprint density at radius 2 is 1.90 bits per heavy atom. The Kier molecular flexibility index (Phi) is 6.97. The predicted molar refractivity (Wildman–Crippen MR) is 120 cm³/mol. The largest absolute Gasteiger partial charge is 0.353 e. The Balaban J connectivity index is 1.53. The highest BCUT2D eigenvalue weighted by Gasteiger charge is 2.37. The first-order valence-corrected chi connectivity index (χ1v) is 11.4. The van der Waals surface area contributed by atoms with Crippen LogP contribution in [0.2, 0.25) is 0 Å². The third kappa shape index (κ3) is 5.31. The predicted octanol–water partition coefficient (Wildman–Crippen LogP) is 3.05. The zero-order chi connectivity index (χ0) is 21.6. The van der Waals surface area contributed by atoms with Crippen LogP contribution in [-0.2, 0) is 22.7 Å². The summed E-state index contributed by atoms with van der Waals surface area (Å²) in [6.45, 7) is 4.46. The van der Waals surface area contributed by atoms with Crippen molar-refractivity contribution in [1.82, 2.24) is 20.1 Å². The standard InChI is InChI=1S/C25H32N4O2/c1-19-8-7-13-26-22(19)18-28(17-20-9-3-2-4-10-20)24(30)16-23-25(31)27-14-15-29(23)21-11-5-6-12-21/h2-4,7-10,13,21,23H,5-6,11-12,14-18H2,1H3,(H,27,31)/t23-/m1/s1. The lowest BCUT2D eigenvalue weighted by atomic mass is 10.0. The second kappa shape index (κ2) is 10.1. The van der Waals surface area contributed by atoms with Crippen molar-refractivity contribution in [2.45, 2.75) is 64.2 Å². The third-order valence-corrected chi connectivity index (χ3v) is 6.56. The summed E-state index contributed by atoms with van der Waals surface area (Å²) in [5.74, 6) is -0.0147. The molecular formula is C25H32N4O2. The summed E-state index contributed by atoms with van der Waals surface area (Å²) in [5, 5.41) is 2.97. The highest BCUT2D eigenvalue weighted by Crippen LogP contribution is 2.27. The van der Waals surface area contributed by atoms with Crippen LogP contribution in [-0.4, -0.2) is 51.8 Å². The first-order chi connectivity index (χ1) is 15.1. The molecule has 1 atom stereocenters. The minimum atomic E-state index is -0.382. The first kappa shape index (κ1) is 21.5. The number of carbonyl (C=O) groups is 2. The van der Waals surface area contributed by atoms with E-state index in [2.05, 4.69) is 15.2 Å². The molecule has 1 aliphatic carbocycles. The van der Waals surface area contributed by atoms with E-state index in [-0.39, 0.29) is 24.3 Å². The van der Waals surface area contributed by atoms with Crippen molar-refractivity contribution in [2.24, 2.45) is 0 Å². The van der Waals surface area contributed by atoms with Gasteiger partial charge in [0.2, 0.25) is 11.8 Å². The van der Waals surface area contributed by atoms with Crippen LogP contribution in [0.5, 0.6) is 0 Å². The van der Waals surface area contributed by atoms with E-state index in [0.29, 0.717) is 25.7 Å². The van der Waals surface area contributed by atoms with Crippen molar-refractivity contribution in [1.29, 1.82) is 0 Å². The number of rotatable bonds is 7. The molecule has 2 amide bonds. The van der Waals surface area contributed by atoms with Gasteiger partial charge >= 0.3 is 0 Å². The van der Waals surface area contributed by atoms with Crippen molar-refractivity contribution < 1.29 is 9.59 Å². The summed E-state index contributed by atoms with van der Waals surface area (Å²) in [4.78, 5) is 34.9. The zero-order valence-corrected chi connectivity index (χ0v) is 18.3. The van der Waals surface area contributed by atoms with E-state index in [4.69, 9.17) is 0 Å². The molecule has 1 aromatic carbocycles. The van der Waals surface area contributed by atoms with Crippen molar-refractivity contribution in [2.75, 3.05) is 13.1 Å². The maximum Gasteiger partial charge on any atom is 0.237 e. The highest BCUT2D eigenvalue weighted by molar-refractivity contribution is 5.89. The molecule has 6 nitrogen and oxygen atoms in total. The molecule has 0 unspecified atom stereocenters. The number of carbonyl (C=O) groups excluding carboxylic acids is 2. The average Bonchev–Trinajstić information content (AvgIpc) is 3.31. The number of pyridine rings is 1. The lowest BCUT2D eigenvalue weighted by Gasteiger charge is -2.39. The van der Waals surface area contributed by atoms with Crippen LogP contribution in [0.25, 0.3) is 0 Å². The topological polar surface area (TPSA) is 65.5 Å². The van der Waals surface area contributed by atoms with Gasteiger partial charge in [-0.3, -0.25) is 19.5 Å². The van der Waals surface area contributed by atoms with Crippen molar-refractivity contribution in [3.8, 4) is 0 Å². The fourth-order valence-electron chi connectivity index (χ4n) is 4.81. The second-order valence-electron chi connectivity index (χ2n) is 8.69. The molecule has 2 heterocycles. The SMILES string of the molecule is Cc1cccnc1CN(Cc1ccccc1)C(=O)C[C@@H]1C(=O)NCCN1C1CCCC1. The van der Waals surface area contributed by atoms with Crippen LogP contribution in [0, 0.1) is 6.92 Å². The zero-order valence-electron chi connectivity index (χ0n) is 18.3. The number of aromatic nitrogens is 1. The number of nitrogens with one attached hydrogen (secondary N) is 1. The molecule has 31 heavy (non-hydrogen) atoms. The van der Waals surface area contributed by atoms with Gasteiger partial charge in [-0.2, -0.15) is 0 Å². The van der Waals surface area contributed by atoms with E-state index in [1.807, 2.05) is 54.3 Å². The Morgan fingerprint density at radius 1 is 1.13 bits per heavy atom.